The summed E-state index contributed by atoms with van der Waals surface area (Å²) in [5.41, 5.74) is 2.23. The summed E-state index contributed by atoms with van der Waals surface area (Å²) in [6.07, 6.45) is 1.81. The van der Waals surface area contributed by atoms with E-state index in [1.165, 1.54) is 5.56 Å². The van der Waals surface area contributed by atoms with Crippen LogP contribution in [0.4, 0.5) is 0 Å². The summed E-state index contributed by atoms with van der Waals surface area (Å²) in [6, 6.07) is 12.0. The molecule has 4 heteroatoms. The van der Waals surface area contributed by atoms with Crippen molar-refractivity contribution in [3.05, 3.63) is 58.3 Å². The predicted molar refractivity (Wildman–Crippen MR) is 75.5 cm³/mol. The van der Waals surface area contributed by atoms with Crippen LogP contribution in [0.15, 0.2) is 47.1 Å². The summed E-state index contributed by atoms with van der Waals surface area (Å²) in [6.45, 7) is 1.55. The standard InChI is InChI=1S/C14H15BrN2O/c1-18-14-4-2-3-11(7-14)8-16-10-13-6-5-12(15)9-17-13/h2-7,9,16H,8,10H2,1H3. The number of hydrogen-bond donors (Lipinski definition) is 1. The molecule has 1 aromatic carbocycles. The first-order valence-electron chi connectivity index (χ1n) is 5.72. The van der Waals surface area contributed by atoms with Crippen LogP contribution in [0, 0.1) is 0 Å². The molecule has 0 aliphatic heterocycles. The number of ether oxygens (including phenoxy) is 1. The van der Waals surface area contributed by atoms with Crippen LogP contribution in [0.2, 0.25) is 0 Å². The van der Waals surface area contributed by atoms with Gasteiger partial charge < -0.3 is 10.1 Å². The molecular weight excluding hydrogens is 292 g/mol. The second kappa shape index (κ2) is 6.52. The molecule has 94 valence electrons. The molecule has 0 fully saturated rings. The molecule has 3 nitrogen and oxygen atoms in total. The number of pyridine rings is 1. The molecular formula is C14H15BrN2O. The fourth-order valence-corrected chi connectivity index (χ4v) is 1.86. The highest BCUT2D eigenvalue weighted by molar-refractivity contribution is 9.10. The lowest BCUT2D eigenvalue weighted by Crippen LogP contribution is -2.13. The molecule has 18 heavy (non-hydrogen) atoms. The van der Waals surface area contributed by atoms with Crippen LogP contribution in [0.1, 0.15) is 11.3 Å². The van der Waals surface area contributed by atoms with Crippen LogP contribution in [-0.4, -0.2) is 12.1 Å². The lowest BCUT2D eigenvalue weighted by molar-refractivity contribution is 0.414. The zero-order valence-corrected chi connectivity index (χ0v) is 11.8. The van der Waals surface area contributed by atoms with Crippen LogP contribution in [0.5, 0.6) is 5.75 Å². The van der Waals surface area contributed by atoms with Gasteiger partial charge in [0.2, 0.25) is 0 Å². The average Bonchev–Trinajstić information content (AvgIpc) is 2.41. The Hall–Kier alpha value is -1.39. The smallest absolute Gasteiger partial charge is 0.119 e. The average molecular weight is 307 g/mol. The Bertz CT molecular complexity index is 499. The summed E-state index contributed by atoms with van der Waals surface area (Å²) in [4.78, 5) is 4.31. The third kappa shape index (κ3) is 3.82. The van der Waals surface area contributed by atoms with E-state index >= 15 is 0 Å². The van der Waals surface area contributed by atoms with E-state index in [-0.39, 0.29) is 0 Å². The van der Waals surface area contributed by atoms with Crippen molar-refractivity contribution in [1.82, 2.24) is 10.3 Å². The Morgan fingerprint density at radius 1 is 1.22 bits per heavy atom. The fourth-order valence-electron chi connectivity index (χ4n) is 1.63. The predicted octanol–water partition coefficient (Wildman–Crippen LogP) is 3.14. The number of rotatable bonds is 5. The first kappa shape index (κ1) is 13.1. The summed E-state index contributed by atoms with van der Waals surface area (Å²) < 4.78 is 6.19. The van der Waals surface area contributed by atoms with Gasteiger partial charge in [0.1, 0.15) is 5.75 Å². The minimum absolute atomic E-state index is 0.754. The van der Waals surface area contributed by atoms with E-state index in [2.05, 4.69) is 32.3 Å². The quantitative estimate of drug-likeness (QED) is 0.921. The maximum absolute atomic E-state index is 5.19. The second-order valence-corrected chi connectivity index (χ2v) is 4.84. The summed E-state index contributed by atoms with van der Waals surface area (Å²) >= 11 is 3.37. The molecule has 1 N–H and O–H groups in total. The SMILES string of the molecule is COc1cccc(CNCc2ccc(Br)cn2)c1. The van der Waals surface area contributed by atoms with Crippen LogP contribution in [0.25, 0.3) is 0 Å². The molecule has 1 heterocycles. The van der Waals surface area contributed by atoms with Gasteiger partial charge in [-0.3, -0.25) is 4.98 Å². The van der Waals surface area contributed by atoms with Gasteiger partial charge in [-0.25, -0.2) is 0 Å². The van der Waals surface area contributed by atoms with Gasteiger partial charge in [0.25, 0.3) is 0 Å². The van der Waals surface area contributed by atoms with E-state index < -0.39 is 0 Å². The highest BCUT2D eigenvalue weighted by Crippen LogP contribution is 2.12. The first-order chi connectivity index (χ1) is 8.78. The molecule has 1 aromatic heterocycles. The molecule has 0 saturated carbocycles. The van der Waals surface area contributed by atoms with Crippen LogP contribution >= 0.6 is 15.9 Å². The van der Waals surface area contributed by atoms with Crippen molar-refractivity contribution in [2.75, 3.05) is 7.11 Å². The number of hydrogen-bond acceptors (Lipinski definition) is 3. The van der Waals surface area contributed by atoms with Crippen molar-refractivity contribution in [2.45, 2.75) is 13.1 Å². The number of halogens is 1. The zero-order valence-electron chi connectivity index (χ0n) is 10.2. The molecule has 0 radical (unpaired) electrons. The van der Waals surface area contributed by atoms with Gasteiger partial charge >= 0.3 is 0 Å². The van der Waals surface area contributed by atoms with Crippen LogP contribution in [0.3, 0.4) is 0 Å². The van der Waals surface area contributed by atoms with Crippen molar-refractivity contribution < 1.29 is 4.74 Å². The Morgan fingerprint density at radius 2 is 2.11 bits per heavy atom. The number of aromatic nitrogens is 1. The summed E-state index contributed by atoms with van der Waals surface area (Å²) in [5.74, 6) is 0.885. The molecule has 0 unspecified atom stereocenters. The number of nitrogens with zero attached hydrogens (tertiary/aromatic N) is 1. The molecule has 2 rings (SSSR count). The maximum Gasteiger partial charge on any atom is 0.119 e. The van der Waals surface area contributed by atoms with Crippen molar-refractivity contribution in [1.29, 1.82) is 0 Å². The Kier molecular flexibility index (Phi) is 4.73. The fraction of sp³-hybridized carbons (Fsp3) is 0.214. The molecule has 0 aliphatic rings. The third-order valence-corrected chi connectivity index (χ3v) is 3.03. The van der Waals surface area contributed by atoms with Gasteiger partial charge in [0.05, 0.1) is 12.8 Å². The zero-order chi connectivity index (χ0) is 12.8. The van der Waals surface area contributed by atoms with Gasteiger partial charge in [-0.15, -0.1) is 0 Å². The van der Waals surface area contributed by atoms with E-state index in [1.807, 2.05) is 36.5 Å². The van der Waals surface area contributed by atoms with Gasteiger partial charge in [-0.2, -0.15) is 0 Å². The van der Waals surface area contributed by atoms with Crippen molar-refractivity contribution >= 4 is 15.9 Å². The van der Waals surface area contributed by atoms with Gasteiger partial charge in [-0.05, 0) is 45.8 Å². The highest BCUT2D eigenvalue weighted by Gasteiger charge is 1.97. The topological polar surface area (TPSA) is 34.1 Å². The van der Waals surface area contributed by atoms with Gasteiger partial charge in [-0.1, -0.05) is 12.1 Å². The Balaban J connectivity index is 1.86. The van der Waals surface area contributed by atoms with Crippen molar-refractivity contribution in [3.63, 3.8) is 0 Å². The molecule has 2 aromatic rings. The lowest BCUT2D eigenvalue weighted by Gasteiger charge is -2.06. The second-order valence-electron chi connectivity index (χ2n) is 3.92. The molecule has 0 atom stereocenters. The van der Waals surface area contributed by atoms with Gasteiger partial charge in [0, 0.05) is 23.8 Å². The summed E-state index contributed by atoms with van der Waals surface area (Å²) in [7, 11) is 1.68. The third-order valence-electron chi connectivity index (χ3n) is 2.56. The normalized spacial score (nSPS) is 10.3. The monoisotopic (exact) mass is 306 g/mol. The number of benzene rings is 1. The van der Waals surface area contributed by atoms with Crippen molar-refractivity contribution in [3.8, 4) is 5.75 Å². The largest absolute Gasteiger partial charge is 0.497 e. The minimum Gasteiger partial charge on any atom is -0.497 e. The van der Waals surface area contributed by atoms with E-state index in [1.54, 1.807) is 7.11 Å². The molecule has 0 amide bonds. The Morgan fingerprint density at radius 3 is 2.83 bits per heavy atom. The Labute approximate surface area is 115 Å². The van der Waals surface area contributed by atoms with Crippen molar-refractivity contribution in [2.24, 2.45) is 0 Å². The van der Waals surface area contributed by atoms with Crippen LogP contribution < -0.4 is 10.1 Å². The van der Waals surface area contributed by atoms with Gasteiger partial charge in [0.15, 0.2) is 0 Å². The van der Waals surface area contributed by atoms with E-state index in [0.717, 1.165) is 29.0 Å². The van der Waals surface area contributed by atoms with E-state index in [0.29, 0.717) is 0 Å². The highest BCUT2D eigenvalue weighted by atomic mass is 79.9. The molecule has 0 aliphatic carbocycles. The minimum atomic E-state index is 0.754. The van der Waals surface area contributed by atoms with E-state index in [4.69, 9.17) is 4.74 Å². The first-order valence-corrected chi connectivity index (χ1v) is 6.51. The molecule has 0 bridgehead atoms. The maximum atomic E-state index is 5.19. The number of nitrogens with one attached hydrogen (secondary N) is 1. The van der Waals surface area contributed by atoms with Crippen LogP contribution in [-0.2, 0) is 13.1 Å². The molecule has 0 saturated heterocycles. The molecule has 0 spiro atoms. The van der Waals surface area contributed by atoms with E-state index in [9.17, 15) is 0 Å². The lowest BCUT2D eigenvalue weighted by atomic mass is 10.2. The number of methoxy groups -OCH3 is 1. The summed E-state index contributed by atoms with van der Waals surface area (Å²) in [5, 5.41) is 3.36.